The zero-order chi connectivity index (χ0) is 15.5. The Labute approximate surface area is 131 Å². The van der Waals surface area contributed by atoms with Gasteiger partial charge in [0.05, 0.1) is 18.7 Å². The minimum atomic E-state index is -1.03. The van der Waals surface area contributed by atoms with Crippen LogP contribution in [-0.2, 0) is 4.74 Å². The smallest absolute Gasteiger partial charge is 0.335 e. The molecule has 5 nitrogen and oxygen atoms in total. The number of carbonyl (C=O) groups excluding carboxylic acids is 1. The molecule has 0 saturated carbocycles. The fourth-order valence-electron chi connectivity index (χ4n) is 2.46. The van der Waals surface area contributed by atoms with E-state index in [-0.39, 0.29) is 17.6 Å². The number of carbonyl (C=O) groups is 2. The Kier molecular flexibility index (Phi) is 4.22. The molecule has 1 atom stereocenters. The molecule has 1 saturated heterocycles. The number of ether oxygens (including phenoxy) is 1. The number of hydrogen-bond donors (Lipinski definition) is 1. The Hall–Kier alpha value is -2.18. The maximum Gasteiger partial charge on any atom is 0.335 e. The highest BCUT2D eigenvalue weighted by Crippen LogP contribution is 2.25. The lowest BCUT2D eigenvalue weighted by Crippen LogP contribution is -2.42. The average molecular weight is 317 g/mol. The number of hydrogen-bond acceptors (Lipinski definition) is 4. The monoisotopic (exact) mass is 317 g/mol. The summed E-state index contributed by atoms with van der Waals surface area (Å²) >= 11 is 1.60. The van der Waals surface area contributed by atoms with Gasteiger partial charge in [-0.1, -0.05) is 6.07 Å². The van der Waals surface area contributed by atoms with Crippen LogP contribution in [-0.4, -0.2) is 41.6 Å². The van der Waals surface area contributed by atoms with Crippen LogP contribution < -0.4 is 0 Å². The molecular weight excluding hydrogens is 302 g/mol. The maximum atomic E-state index is 12.6. The van der Waals surface area contributed by atoms with Crippen molar-refractivity contribution < 1.29 is 19.4 Å². The molecule has 1 fully saturated rings. The Balaban J connectivity index is 1.77. The van der Waals surface area contributed by atoms with Gasteiger partial charge in [-0.25, -0.2) is 4.79 Å². The van der Waals surface area contributed by atoms with Crippen LogP contribution in [0.3, 0.4) is 0 Å². The fourth-order valence-corrected chi connectivity index (χ4v) is 3.16. The Morgan fingerprint density at radius 2 is 2.09 bits per heavy atom. The lowest BCUT2D eigenvalue weighted by atomic mass is 10.1. The third-order valence-electron chi connectivity index (χ3n) is 3.63. The molecule has 6 heteroatoms. The van der Waals surface area contributed by atoms with Crippen LogP contribution in [0.25, 0.3) is 0 Å². The van der Waals surface area contributed by atoms with E-state index in [1.165, 1.54) is 12.1 Å². The molecule has 2 heterocycles. The van der Waals surface area contributed by atoms with E-state index in [0.29, 0.717) is 25.3 Å². The van der Waals surface area contributed by atoms with Gasteiger partial charge in [-0.2, -0.15) is 11.3 Å². The molecule has 1 aromatic heterocycles. The summed E-state index contributed by atoms with van der Waals surface area (Å²) in [6.45, 7) is 1.47. The molecule has 1 aliphatic rings. The van der Waals surface area contributed by atoms with E-state index in [0.717, 1.165) is 5.56 Å². The molecule has 0 unspecified atom stereocenters. The summed E-state index contributed by atoms with van der Waals surface area (Å²) in [5.41, 5.74) is 1.58. The van der Waals surface area contributed by atoms with Crippen molar-refractivity contribution >= 4 is 23.2 Å². The zero-order valence-electron chi connectivity index (χ0n) is 11.8. The maximum absolute atomic E-state index is 12.6. The summed E-state index contributed by atoms with van der Waals surface area (Å²) in [5, 5.41) is 13.0. The van der Waals surface area contributed by atoms with E-state index in [1.54, 1.807) is 28.4 Å². The van der Waals surface area contributed by atoms with Gasteiger partial charge in [-0.05, 0) is 40.6 Å². The van der Waals surface area contributed by atoms with E-state index in [2.05, 4.69) is 0 Å². The number of carboxylic acid groups (broad SMARTS) is 1. The number of amides is 1. The Morgan fingerprint density at radius 3 is 2.82 bits per heavy atom. The SMILES string of the molecule is O=C(O)c1cccc(C(=O)N2CCO[C@@H](c3ccsc3)C2)c1. The molecule has 0 spiro atoms. The first kappa shape index (κ1) is 14.7. The van der Waals surface area contributed by atoms with E-state index in [9.17, 15) is 9.59 Å². The van der Waals surface area contributed by atoms with Crippen molar-refractivity contribution in [2.24, 2.45) is 0 Å². The number of morpholine rings is 1. The number of benzene rings is 1. The van der Waals surface area contributed by atoms with Crippen LogP contribution in [0.15, 0.2) is 41.1 Å². The minimum absolute atomic E-state index is 0.119. The van der Waals surface area contributed by atoms with Gasteiger partial charge < -0.3 is 14.7 Å². The predicted molar refractivity (Wildman–Crippen MR) is 82.3 cm³/mol. The Bertz CT molecular complexity index is 683. The summed E-state index contributed by atoms with van der Waals surface area (Å²) < 4.78 is 5.72. The summed E-state index contributed by atoms with van der Waals surface area (Å²) in [4.78, 5) is 25.3. The molecular formula is C16H15NO4S. The first-order valence-electron chi connectivity index (χ1n) is 6.91. The van der Waals surface area contributed by atoms with E-state index in [4.69, 9.17) is 9.84 Å². The summed E-state index contributed by atoms with van der Waals surface area (Å²) in [7, 11) is 0. The minimum Gasteiger partial charge on any atom is -0.478 e. The van der Waals surface area contributed by atoms with Crippen LogP contribution in [0, 0.1) is 0 Å². The van der Waals surface area contributed by atoms with Gasteiger partial charge in [0, 0.05) is 12.1 Å². The van der Waals surface area contributed by atoms with Crippen molar-refractivity contribution in [1.82, 2.24) is 4.90 Å². The molecule has 22 heavy (non-hydrogen) atoms. The largest absolute Gasteiger partial charge is 0.478 e. The molecule has 1 amide bonds. The third kappa shape index (κ3) is 3.03. The van der Waals surface area contributed by atoms with Crippen molar-refractivity contribution in [3.8, 4) is 0 Å². The van der Waals surface area contributed by atoms with Gasteiger partial charge in [0.2, 0.25) is 0 Å². The van der Waals surface area contributed by atoms with E-state index < -0.39 is 5.97 Å². The van der Waals surface area contributed by atoms with Crippen LogP contribution in [0.1, 0.15) is 32.4 Å². The molecule has 1 aliphatic heterocycles. The third-order valence-corrected chi connectivity index (χ3v) is 4.33. The standard InChI is InChI=1S/C16H15NO4S/c18-15(11-2-1-3-12(8-11)16(19)20)17-5-6-21-14(9-17)13-4-7-22-10-13/h1-4,7-8,10,14H,5-6,9H2,(H,19,20)/t14-/m1/s1. The van der Waals surface area contributed by atoms with Crippen molar-refractivity contribution in [3.05, 3.63) is 57.8 Å². The predicted octanol–water partition coefficient (Wildman–Crippen LogP) is 2.66. The molecule has 0 aliphatic carbocycles. The molecule has 0 bridgehead atoms. The van der Waals surface area contributed by atoms with Crippen molar-refractivity contribution in [3.63, 3.8) is 0 Å². The second-order valence-corrected chi connectivity index (χ2v) is 5.83. The van der Waals surface area contributed by atoms with Crippen LogP contribution in [0.2, 0.25) is 0 Å². The molecule has 1 aromatic carbocycles. The van der Waals surface area contributed by atoms with Crippen molar-refractivity contribution in [2.75, 3.05) is 19.7 Å². The van der Waals surface area contributed by atoms with Gasteiger partial charge >= 0.3 is 5.97 Å². The van der Waals surface area contributed by atoms with Crippen LogP contribution in [0.4, 0.5) is 0 Å². The first-order chi connectivity index (χ1) is 10.6. The highest BCUT2D eigenvalue weighted by Gasteiger charge is 2.26. The van der Waals surface area contributed by atoms with Gasteiger partial charge in [0.1, 0.15) is 6.10 Å². The highest BCUT2D eigenvalue weighted by molar-refractivity contribution is 7.07. The normalized spacial score (nSPS) is 18.2. The molecule has 114 valence electrons. The lowest BCUT2D eigenvalue weighted by molar-refractivity contribution is -0.0226. The highest BCUT2D eigenvalue weighted by atomic mass is 32.1. The number of thiophene rings is 1. The zero-order valence-corrected chi connectivity index (χ0v) is 12.6. The summed E-state index contributed by atoms with van der Waals surface area (Å²) in [5.74, 6) is -1.19. The summed E-state index contributed by atoms with van der Waals surface area (Å²) in [6, 6.07) is 8.12. The van der Waals surface area contributed by atoms with Crippen LogP contribution in [0.5, 0.6) is 0 Å². The lowest BCUT2D eigenvalue weighted by Gasteiger charge is -2.32. The second kappa shape index (κ2) is 6.29. The van der Waals surface area contributed by atoms with Gasteiger partial charge in [-0.15, -0.1) is 0 Å². The van der Waals surface area contributed by atoms with Crippen LogP contribution >= 0.6 is 11.3 Å². The van der Waals surface area contributed by atoms with Crippen molar-refractivity contribution in [2.45, 2.75) is 6.10 Å². The summed E-state index contributed by atoms with van der Waals surface area (Å²) in [6.07, 6.45) is -0.119. The number of rotatable bonds is 3. The molecule has 0 radical (unpaired) electrons. The molecule has 3 rings (SSSR count). The Morgan fingerprint density at radius 1 is 1.27 bits per heavy atom. The number of nitrogens with zero attached hydrogens (tertiary/aromatic N) is 1. The average Bonchev–Trinajstić information content (AvgIpc) is 3.09. The molecule has 2 aromatic rings. The number of carboxylic acids is 1. The van der Waals surface area contributed by atoms with E-state index in [1.807, 2.05) is 16.8 Å². The number of aromatic carboxylic acids is 1. The quantitative estimate of drug-likeness (QED) is 0.945. The second-order valence-electron chi connectivity index (χ2n) is 5.05. The van der Waals surface area contributed by atoms with Crippen molar-refractivity contribution in [1.29, 1.82) is 0 Å². The topological polar surface area (TPSA) is 66.8 Å². The van der Waals surface area contributed by atoms with Gasteiger partial charge in [0.15, 0.2) is 0 Å². The van der Waals surface area contributed by atoms with Gasteiger partial charge in [-0.3, -0.25) is 4.79 Å². The first-order valence-corrected chi connectivity index (χ1v) is 7.86. The van der Waals surface area contributed by atoms with E-state index >= 15 is 0 Å². The molecule has 1 N–H and O–H groups in total. The van der Waals surface area contributed by atoms with Gasteiger partial charge in [0.25, 0.3) is 5.91 Å². The fraction of sp³-hybridized carbons (Fsp3) is 0.250.